The number of nitrogens with zero attached hydrogens (tertiary/aromatic N) is 4. The molecule has 1 saturated heterocycles. The van der Waals surface area contributed by atoms with Crippen molar-refractivity contribution < 1.29 is 13.2 Å². The third kappa shape index (κ3) is 4.03. The molecule has 0 aromatic carbocycles. The first-order chi connectivity index (χ1) is 12.7. The average Bonchev–Trinajstić information content (AvgIpc) is 3.24. The minimum atomic E-state index is -2.98. The van der Waals surface area contributed by atoms with Crippen LogP contribution in [0.5, 0.6) is 0 Å². The Morgan fingerprint density at radius 1 is 1.41 bits per heavy atom. The largest absolute Gasteiger partial charge is 0.345 e. The Hall–Kier alpha value is -1.87. The molecule has 0 N–H and O–H groups in total. The first kappa shape index (κ1) is 19.9. The highest BCUT2D eigenvalue weighted by Crippen LogP contribution is 2.29. The fourth-order valence-corrected chi connectivity index (χ4v) is 6.05. The second kappa shape index (κ2) is 7.63. The van der Waals surface area contributed by atoms with Crippen molar-refractivity contribution in [2.24, 2.45) is 7.05 Å². The minimum Gasteiger partial charge on any atom is -0.345 e. The SMILES string of the molecule is C=CCn1c(C)cc(C(=O)CSc2nnc(C3CCS(=O)(=O)C3)n2C)c1C. The Balaban J connectivity index is 1.70. The van der Waals surface area contributed by atoms with Crippen LogP contribution in [-0.4, -0.2) is 50.8 Å². The third-order valence-corrected chi connectivity index (χ3v) is 7.77. The Bertz CT molecular complexity index is 989. The van der Waals surface area contributed by atoms with Gasteiger partial charge in [0.2, 0.25) is 0 Å². The van der Waals surface area contributed by atoms with Gasteiger partial charge in [-0.1, -0.05) is 17.8 Å². The molecule has 2 aromatic heterocycles. The second-order valence-electron chi connectivity index (χ2n) is 6.90. The van der Waals surface area contributed by atoms with Crippen LogP contribution in [-0.2, 0) is 23.4 Å². The van der Waals surface area contributed by atoms with Crippen LogP contribution >= 0.6 is 11.8 Å². The van der Waals surface area contributed by atoms with Crippen molar-refractivity contribution in [2.75, 3.05) is 17.3 Å². The number of hydrogen-bond acceptors (Lipinski definition) is 6. The molecular weight excluding hydrogens is 384 g/mol. The molecule has 0 bridgehead atoms. The van der Waals surface area contributed by atoms with Gasteiger partial charge in [0.05, 0.1) is 17.3 Å². The van der Waals surface area contributed by atoms with Crippen LogP contribution in [0.15, 0.2) is 23.9 Å². The summed E-state index contributed by atoms with van der Waals surface area (Å²) in [6, 6.07) is 1.91. The van der Waals surface area contributed by atoms with E-state index in [0.717, 1.165) is 11.4 Å². The lowest BCUT2D eigenvalue weighted by molar-refractivity contribution is 0.102. The maximum atomic E-state index is 12.7. The molecule has 3 rings (SSSR count). The highest BCUT2D eigenvalue weighted by Gasteiger charge is 2.32. The number of carbonyl (C=O) groups excluding carboxylic acids is 1. The number of carbonyl (C=O) groups is 1. The molecular formula is C18H24N4O3S2. The predicted molar refractivity (Wildman–Crippen MR) is 106 cm³/mol. The predicted octanol–water partition coefficient (Wildman–Crippen LogP) is 2.30. The molecule has 2 aromatic rings. The van der Waals surface area contributed by atoms with Crippen LogP contribution in [0, 0.1) is 13.8 Å². The Kier molecular flexibility index (Phi) is 5.62. The number of aryl methyl sites for hydroxylation is 1. The fourth-order valence-electron chi connectivity index (χ4n) is 3.51. The van der Waals surface area contributed by atoms with Crippen LogP contribution in [0.3, 0.4) is 0 Å². The van der Waals surface area contributed by atoms with Crippen LogP contribution in [0.2, 0.25) is 0 Å². The van der Waals surface area contributed by atoms with Gasteiger partial charge < -0.3 is 9.13 Å². The Morgan fingerprint density at radius 2 is 2.15 bits per heavy atom. The van der Waals surface area contributed by atoms with E-state index < -0.39 is 9.84 Å². The van der Waals surface area contributed by atoms with Gasteiger partial charge in [0, 0.05) is 36.5 Å². The standard InChI is InChI=1S/C18H24N4O3S2/c1-5-7-22-12(2)9-15(13(22)3)16(23)10-26-18-20-19-17(21(18)4)14-6-8-27(24,25)11-14/h5,9,14H,1,6-8,10-11H2,2-4H3. The maximum Gasteiger partial charge on any atom is 0.191 e. The van der Waals surface area contributed by atoms with Crippen LogP contribution in [0.4, 0.5) is 0 Å². The van der Waals surface area contributed by atoms with Crippen molar-refractivity contribution in [1.82, 2.24) is 19.3 Å². The van der Waals surface area contributed by atoms with Gasteiger partial charge in [-0.25, -0.2) is 8.42 Å². The summed E-state index contributed by atoms with van der Waals surface area (Å²) in [4.78, 5) is 12.7. The molecule has 0 saturated carbocycles. The maximum absolute atomic E-state index is 12.7. The number of allylic oxidation sites excluding steroid dienone is 1. The molecule has 1 aliphatic heterocycles. The van der Waals surface area contributed by atoms with Crippen molar-refractivity contribution in [3.63, 3.8) is 0 Å². The Morgan fingerprint density at radius 3 is 2.78 bits per heavy atom. The van der Waals surface area contributed by atoms with Crippen molar-refractivity contribution in [3.05, 3.63) is 41.5 Å². The first-order valence-electron chi connectivity index (χ1n) is 8.77. The molecule has 0 amide bonds. The zero-order chi connectivity index (χ0) is 19.8. The molecule has 1 fully saturated rings. The molecule has 7 nitrogen and oxygen atoms in total. The molecule has 146 valence electrons. The van der Waals surface area contributed by atoms with E-state index in [1.165, 1.54) is 11.8 Å². The summed E-state index contributed by atoms with van der Waals surface area (Å²) >= 11 is 1.33. The number of aromatic nitrogens is 4. The lowest BCUT2D eigenvalue weighted by Crippen LogP contribution is -2.10. The number of sulfone groups is 1. The van der Waals surface area contributed by atoms with Crippen LogP contribution in [0.1, 0.15) is 39.9 Å². The summed E-state index contributed by atoms with van der Waals surface area (Å²) in [5, 5.41) is 8.96. The summed E-state index contributed by atoms with van der Waals surface area (Å²) in [7, 11) is -1.15. The van der Waals surface area contributed by atoms with E-state index in [4.69, 9.17) is 0 Å². The van der Waals surface area contributed by atoms with Crippen molar-refractivity contribution >= 4 is 27.4 Å². The third-order valence-electron chi connectivity index (χ3n) is 4.98. The topological polar surface area (TPSA) is 86.8 Å². The van der Waals surface area contributed by atoms with Gasteiger partial charge in [-0.05, 0) is 26.3 Å². The van der Waals surface area contributed by atoms with E-state index in [1.54, 1.807) is 0 Å². The number of Topliss-reactive ketones (excluding diaryl/α,β-unsaturated/α-hetero) is 1. The van der Waals surface area contributed by atoms with E-state index in [9.17, 15) is 13.2 Å². The molecule has 0 aliphatic carbocycles. The van der Waals surface area contributed by atoms with E-state index in [-0.39, 0.29) is 29.0 Å². The van der Waals surface area contributed by atoms with Crippen LogP contribution in [0.25, 0.3) is 0 Å². The zero-order valence-corrected chi connectivity index (χ0v) is 17.4. The van der Waals surface area contributed by atoms with E-state index in [0.29, 0.717) is 29.5 Å². The second-order valence-corrected chi connectivity index (χ2v) is 10.1. The molecule has 0 spiro atoms. The number of ketones is 1. The molecule has 1 unspecified atom stereocenters. The fraction of sp³-hybridized carbons (Fsp3) is 0.500. The van der Waals surface area contributed by atoms with Gasteiger partial charge in [0.1, 0.15) is 5.82 Å². The van der Waals surface area contributed by atoms with Gasteiger partial charge in [0.15, 0.2) is 20.8 Å². The molecule has 1 atom stereocenters. The van der Waals surface area contributed by atoms with Crippen LogP contribution < -0.4 is 0 Å². The summed E-state index contributed by atoms with van der Waals surface area (Å²) in [6.45, 7) is 8.35. The number of thioether (sulfide) groups is 1. The number of hydrogen-bond donors (Lipinski definition) is 0. The Labute approximate surface area is 163 Å². The zero-order valence-electron chi connectivity index (χ0n) is 15.8. The van der Waals surface area contributed by atoms with Gasteiger partial charge in [-0.2, -0.15) is 0 Å². The summed E-state index contributed by atoms with van der Waals surface area (Å²) in [5.74, 6) is 1.18. The lowest BCUT2D eigenvalue weighted by atomic mass is 10.1. The van der Waals surface area contributed by atoms with Gasteiger partial charge in [0.25, 0.3) is 0 Å². The monoisotopic (exact) mass is 408 g/mol. The van der Waals surface area contributed by atoms with Gasteiger partial charge in [-0.3, -0.25) is 4.79 Å². The van der Waals surface area contributed by atoms with Crippen molar-refractivity contribution in [3.8, 4) is 0 Å². The van der Waals surface area contributed by atoms with Crippen molar-refractivity contribution in [1.29, 1.82) is 0 Å². The lowest BCUT2D eigenvalue weighted by Gasteiger charge is -2.08. The van der Waals surface area contributed by atoms with Gasteiger partial charge >= 0.3 is 0 Å². The average molecular weight is 409 g/mol. The van der Waals surface area contributed by atoms with E-state index in [2.05, 4.69) is 21.3 Å². The first-order valence-corrected chi connectivity index (χ1v) is 11.6. The molecule has 27 heavy (non-hydrogen) atoms. The number of rotatable bonds is 7. The summed E-state index contributed by atoms with van der Waals surface area (Å²) in [6.07, 6.45) is 2.39. The molecule has 0 radical (unpaired) electrons. The quantitative estimate of drug-likeness (QED) is 0.397. The van der Waals surface area contributed by atoms with Crippen molar-refractivity contribution in [2.45, 2.75) is 37.9 Å². The van der Waals surface area contributed by atoms with E-state index >= 15 is 0 Å². The molecule has 9 heteroatoms. The molecule has 1 aliphatic rings. The molecule has 3 heterocycles. The normalized spacial score (nSPS) is 18.7. The van der Waals surface area contributed by atoms with Gasteiger partial charge in [-0.15, -0.1) is 16.8 Å². The summed E-state index contributed by atoms with van der Waals surface area (Å²) < 4.78 is 27.3. The minimum absolute atomic E-state index is 0.0383. The summed E-state index contributed by atoms with van der Waals surface area (Å²) in [5.41, 5.74) is 2.68. The highest BCUT2D eigenvalue weighted by atomic mass is 32.2. The highest BCUT2D eigenvalue weighted by molar-refractivity contribution is 7.99. The smallest absolute Gasteiger partial charge is 0.191 e. The van der Waals surface area contributed by atoms with E-state index in [1.807, 2.05) is 37.6 Å².